The summed E-state index contributed by atoms with van der Waals surface area (Å²) < 4.78 is 5.57. The van der Waals surface area contributed by atoms with Gasteiger partial charge in [0.05, 0.1) is 13.2 Å². The second-order valence-electron chi connectivity index (χ2n) is 6.03. The van der Waals surface area contributed by atoms with Gasteiger partial charge in [-0.2, -0.15) is 0 Å². The van der Waals surface area contributed by atoms with Crippen molar-refractivity contribution in [1.82, 2.24) is 15.1 Å². The lowest BCUT2D eigenvalue weighted by Gasteiger charge is -2.36. The fourth-order valence-corrected chi connectivity index (χ4v) is 2.25. The third-order valence-corrected chi connectivity index (χ3v) is 3.76. The van der Waals surface area contributed by atoms with Crippen LogP contribution in [0.4, 0.5) is 0 Å². The maximum Gasteiger partial charge on any atom is 0.222 e. The minimum Gasteiger partial charge on any atom is -0.378 e. The molecule has 0 atom stereocenters. The molecule has 1 N–H and O–H groups in total. The van der Waals surface area contributed by atoms with E-state index in [0.717, 1.165) is 39.3 Å². The van der Waals surface area contributed by atoms with Gasteiger partial charge in [-0.25, -0.2) is 0 Å². The van der Waals surface area contributed by atoms with E-state index in [-0.39, 0.29) is 11.8 Å². The molecule has 1 aliphatic rings. The van der Waals surface area contributed by atoms with Gasteiger partial charge in [0.1, 0.15) is 0 Å². The molecule has 1 fully saturated rings. The average Bonchev–Trinajstić information content (AvgIpc) is 2.42. The molecule has 1 heterocycles. The Morgan fingerprint density at radius 3 is 2.30 bits per heavy atom. The van der Waals surface area contributed by atoms with Crippen molar-refractivity contribution in [2.24, 2.45) is 5.92 Å². The molecule has 118 valence electrons. The third kappa shape index (κ3) is 6.68. The molecule has 1 saturated heterocycles. The highest BCUT2D eigenvalue weighted by Crippen LogP contribution is 2.05. The van der Waals surface area contributed by atoms with Crippen LogP contribution >= 0.6 is 0 Å². The lowest BCUT2D eigenvalue weighted by molar-refractivity contribution is -0.124. The van der Waals surface area contributed by atoms with E-state index in [9.17, 15) is 4.79 Å². The molecular weight excluding hydrogens is 254 g/mol. The predicted octanol–water partition coefficient (Wildman–Crippen LogP) is 0.801. The number of rotatable bonds is 8. The van der Waals surface area contributed by atoms with Crippen LogP contribution in [-0.4, -0.2) is 74.2 Å². The van der Waals surface area contributed by atoms with Crippen LogP contribution in [0.5, 0.6) is 0 Å². The fourth-order valence-electron chi connectivity index (χ4n) is 2.25. The van der Waals surface area contributed by atoms with Crippen LogP contribution in [-0.2, 0) is 9.53 Å². The van der Waals surface area contributed by atoms with Gasteiger partial charge < -0.3 is 10.1 Å². The zero-order valence-corrected chi connectivity index (χ0v) is 13.5. The van der Waals surface area contributed by atoms with Crippen molar-refractivity contribution in [3.05, 3.63) is 0 Å². The van der Waals surface area contributed by atoms with E-state index in [2.05, 4.69) is 29.0 Å². The van der Waals surface area contributed by atoms with Crippen LogP contribution in [0.2, 0.25) is 0 Å². The lowest BCUT2D eigenvalue weighted by atomic mass is 10.2. The van der Waals surface area contributed by atoms with Gasteiger partial charge in [0.2, 0.25) is 5.91 Å². The van der Waals surface area contributed by atoms with Crippen LogP contribution in [0.25, 0.3) is 0 Å². The Hall–Kier alpha value is -0.650. The molecular formula is C15H31N3O2. The molecule has 1 rings (SSSR count). The summed E-state index contributed by atoms with van der Waals surface area (Å²) in [5.74, 6) is 0.144. The normalized spacial score (nSPS) is 17.9. The van der Waals surface area contributed by atoms with Gasteiger partial charge in [-0.3, -0.25) is 14.6 Å². The van der Waals surface area contributed by atoms with Gasteiger partial charge in [0.25, 0.3) is 0 Å². The Morgan fingerprint density at radius 1 is 1.10 bits per heavy atom. The molecule has 0 aromatic carbocycles. The number of amides is 1. The second kappa shape index (κ2) is 9.32. The molecule has 5 heteroatoms. The molecule has 20 heavy (non-hydrogen) atoms. The highest BCUT2D eigenvalue weighted by Gasteiger charge is 2.18. The smallest absolute Gasteiger partial charge is 0.222 e. The van der Waals surface area contributed by atoms with Crippen LogP contribution in [0, 0.1) is 5.92 Å². The molecule has 1 aliphatic heterocycles. The second-order valence-corrected chi connectivity index (χ2v) is 6.03. The molecule has 0 aromatic heterocycles. The number of carbonyl (C=O) groups is 1. The Labute approximate surface area is 123 Å². The highest BCUT2D eigenvalue weighted by atomic mass is 16.5. The van der Waals surface area contributed by atoms with Gasteiger partial charge >= 0.3 is 0 Å². The number of nitrogens with zero attached hydrogens (tertiary/aromatic N) is 2. The number of ether oxygens (including phenoxy) is 1. The molecule has 0 saturated carbocycles. The summed E-state index contributed by atoms with van der Waals surface area (Å²) in [6, 6.07) is 0.651. The first-order valence-electron chi connectivity index (χ1n) is 7.82. The number of piperazine rings is 1. The third-order valence-electron chi connectivity index (χ3n) is 3.76. The number of hydrogen-bond donors (Lipinski definition) is 1. The first kappa shape index (κ1) is 17.4. The predicted molar refractivity (Wildman–Crippen MR) is 81.8 cm³/mol. The van der Waals surface area contributed by atoms with E-state index < -0.39 is 0 Å². The summed E-state index contributed by atoms with van der Waals surface area (Å²) in [5.41, 5.74) is 0. The SMILES string of the molecule is CC(C)C(=O)NCCOCCN1CCN(C(C)C)CC1. The van der Waals surface area contributed by atoms with Crippen molar-refractivity contribution in [3.8, 4) is 0 Å². The Balaban J connectivity index is 1.96. The van der Waals surface area contributed by atoms with E-state index in [1.54, 1.807) is 0 Å². The van der Waals surface area contributed by atoms with Crippen LogP contribution in [0.1, 0.15) is 27.7 Å². The average molecular weight is 285 g/mol. The van der Waals surface area contributed by atoms with Gasteiger partial charge in [0.15, 0.2) is 0 Å². The van der Waals surface area contributed by atoms with Crippen molar-refractivity contribution in [2.45, 2.75) is 33.7 Å². The molecule has 0 unspecified atom stereocenters. The van der Waals surface area contributed by atoms with Crippen molar-refractivity contribution in [3.63, 3.8) is 0 Å². The van der Waals surface area contributed by atoms with E-state index in [1.807, 2.05) is 13.8 Å². The van der Waals surface area contributed by atoms with E-state index in [0.29, 0.717) is 19.2 Å². The van der Waals surface area contributed by atoms with Crippen LogP contribution in [0.15, 0.2) is 0 Å². The fraction of sp³-hybridized carbons (Fsp3) is 0.933. The summed E-state index contributed by atoms with van der Waals surface area (Å²) in [5, 5.41) is 2.85. The quantitative estimate of drug-likeness (QED) is 0.670. The molecule has 0 aliphatic carbocycles. The largest absolute Gasteiger partial charge is 0.378 e. The van der Waals surface area contributed by atoms with Crippen LogP contribution < -0.4 is 5.32 Å². The molecule has 5 nitrogen and oxygen atoms in total. The van der Waals surface area contributed by atoms with Gasteiger partial charge in [-0.15, -0.1) is 0 Å². The zero-order chi connectivity index (χ0) is 15.0. The van der Waals surface area contributed by atoms with Crippen molar-refractivity contribution in [1.29, 1.82) is 0 Å². The van der Waals surface area contributed by atoms with Crippen molar-refractivity contribution >= 4 is 5.91 Å². The summed E-state index contributed by atoms with van der Waals surface area (Å²) in [7, 11) is 0. The first-order chi connectivity index (χ1) is 9.50. The van der Waals surface area contributed by atoms with Gasteiger partial charge in [-0.1, -0.05) is 13.8 Å². The van der Waals surface area contributed by atoms with Crippen molar-refractivity contribution in [2.75, 3.05) is 52.5 Å². The molecule has 1 amide bonds. The van der Waals surface area contributed by atoms with Crippen molar-refractivity contribution < 1.29 is 9.53 Å². The minimum absolute atomic E-state index is 0.0484. The Kier molecular flexibility index (Phi) is 8.11. The van der Waals surface area contributed by atoms with Gasteiger partial charge in [-0.05, 0) is 13.8 Å². The molecule has 0 bridgehead atoms. The monoisotopic (exact) mass is 285 g/mol. The Bertz CT molecular complexity index is 274. The summed E-state index contributed by atoms with van der Waals surface area (Å²) in [6.45, 7) is 15.8. The molecule has 0 radical (unpaired) electrons. The van der Waals surface area contributed by atoms with E-state index in [1.165, 1.54) is 0 Å². The standard InChI is InChI=1S/C15H31N3O2/c1-13(2)15(19)16-5-11-20-12-10-17-6-8-18(9-7-17)14(3)4/h13-14H,5-12H2,1-4H3,(H,16,19). The maximum absolute atomic E-state index is 11.3. The zero-order valence-electron chi connectivity index (χ0n) is 13.5. The van der Waals surface area contributed by atoms with Gasteiger partial charge in [0, 0.05) is 51.2 Å². The van der Waals surface area contributed by atoms with Crippen LogP contribution in [0.3, 0.4) is 0 Å². The highest BCUT2D eigenvalue weighted by molar-refractivity contribution is 5.77. The summed E-state index contributed by atoms with van der Waals surface area (Å²) in [6.07, 6.45) is 0. The minimum atomic E-state index is 0.0484. The number of nitrogens with one attached hydrogen (secondary N) is 1. The lowest BCUT2D eigenvalue weighted by Crippen LogP contribution is -2.49. The first-order valence-corrected chi connectivity index (χ1v) is 7.82. The number of carbonyl (C=O) groups excluding carboxylic acids is 1. The summed E-state index contributed by atoms with van der Waals surface area (Å²) in [4.78, 5) is 16.3. The number of hydrogen-bond acceptors (Lipinski definition) is 4. The summed E-state index contributed by atoms with van der Waals surface area (Å²) >= 11 is 0. The maximum atomic E-state index is 11.3. The van der Waals surface area contributed by atoms with E-state index in [4.69, 9.17) is 4.74 Å². The molecule has 0 aromatic rings. The topological polar surface area (TPSA) is 44.8 Å². The molecule has 0 spiro atoms. The van der Waals surface area contributed by atoms with E-state index >= 15 is 0 Å². The Morgan fingerprint density at radius 2 is 1.75 bits per heavy atom.